The molecule has 1 aliphatic heterocycles. The molecule has 21 heavy (non-hydrogen) atoms. The minimum Gasteiger partial charge on any atom is -0.465 e. The van der Waals surface area contributed by atoms with Gasteiger partial charge >= 0.3 is 6.09 Å². The Morgan fingerprint density at radius 3 is 2.90 bits per heavy atom. The second-order valence-electron chi connectivity index (χ2n) is 4.99. The number of hydrogen-bond donors (Lipinski definition) is 1. The molecule has 110 valence electrons. The normalized spacial score (nSPS) is 18.1. The van der Waals surface area contributed by atoms with Crippen molar-refractivity contribution in [3.8, 4) is 11.4 Å². The van der Waals surface area contributed by atoms with Crippen LogP contribution in [0, 0.1) is 5.82 Å². The van der Waals surface area contributed by atoms with Crippen LogP contribution in [-0.2, 0) is 6.42 Å². The van der Waals surface area contributed by atoms with Crippen LogP contribution in [0.4, 0.5) is 9.18 Å². The van der Waals surface area contributed by atoms with Crippen LogP contribution in [0.1, 0.15) is 18.7 Å². The lowest BCUT2D eigenvalue weighted by Crippen LogP contribution is -2.35. The first-order valence-electron chi connectivity index (χ1n) is 6.71. The van der Waals surface area contributed by atoms with E-state index in [1.165, 1.54) is 17.0 Å². The van der Waals surface area contributed by atoms with Crippen molar-refractivity contribution in [2.45, 2.75) is 25.3 Å². The molecule has 1 N–H and O–H groups in total. The van der Waals surface area contributed by atoms with Crippen molar-refractivity contribution in [2.75, 3.05) is 6.54 Å². The van der Waals surface area contributed by atoms with Crippen molar-refractivity contribution >= 4 is 6.09 Å². The first-order valence-corrected chi connectivity index (χ1v) is 6.71. The van der Waals surface area contributed by atoms with Crippen LogP contribution < -0.4 is 0 Å². The molecule has 1 aliphatic rings. The summed E-state index contributed by atoms with van der Waals surface area (Å²) >= 11 is 0. The Morgan fingerprint density at radius 1 is 1.43 bits per heavy atom. The molecule has 1 atom stereocenters. The Morgan fingerprint density at radius 2 is 2.19 bits per heavy atom. The van der Waals surface area contributed by atoms with Crippen molar-refractivity contribution in [2.24, 2.45) is 0 Å². The number of carbonyl (C=O) groups is 1. The van der Waals surface area contributed by atoms with E-state index in [2.05, 4.69) is 10.1 Å². The largest absolute Gasteiger partial charge is 0.465 e. The lowest BCUT2D eigenvalue weighted by molar-refractivity contribution is 0.138. The van der Waals surface area contributed by atoms with Gasteiger partial charge < -0.3 is 14.5 Å². The molecule has 1 aromatic heterocycles. The summed E-state index contributed by atoms with van der Waals surface area (Å²) < 4.78 is 18.0. The summed E-state index contributed by atoms with van der Waals surface area (Å²) in [5.74, 6) is 0.447. The first-order chi connectivity index (χ1) is 10.1. The number of amides is 1. The molecule has 0 saturated carbocycles. The van der Waals surface area contributed by atoms with Gasteiger partial charge in [0.25, 0.3) is 0 Å². The highest BCUT2D eigenvalue weighted by atomic mass is 19.1. The van der Waals surface area contributed by atoms with Gasteiger partial charge in [0, 0.05) is 24.6 Å². The number of nitrogens with zero attached hydrogens (tertiary/aromatic N) is 3. The summed E-state index contributed by atoms with van der Waals surface area (Å²) in [6.45, 7) is 0.541. The van der Waals surface area contributed by atoms with Crippen molar-refractivity contribution in [3.05, 3.63) is 36.0 Å². The number of hydrogen-bond acceptors (Lipinski definition) is 4. The van der Waals surface area contributed by atoms with Gasteiger partial charge in [0.05, 0.1) is 0 Å². The molecule has 2 heterocycles. The minimum absolute atomic E-state index is 0.121. The summed E-state index contributed by atoms with van der Waals surface area (Å²) in [7, 11) is 0. The van der Waals surface area contributed by atoms with Gasteiger partial charge in [0.2, 0.25) is 11.7 Å². The van der Waals surface area contributed by atoms with Gasteiger partial charge in [0.15, 0.2) is 0 Å². The van der Waals surface area contributed by atoms with Gasteiger partial charge in [-0.15, -0.1) is 0 Å². The van der Waals surface area contributed by atoms with E-state index in [1.807, 2.05) is 0 Å². The molecular weight excluding hydrogens is 277 g/mol. The second kappa shape index (κ2) is 5.51. The lowest BCUT2D eigenvalue weighted by Gasteiger charge is -2.19. The topological polar surface area (TPSA) is 79.5 Å². The molecular formula is C14H14FN3O3. The average Bonchev–Trinajstić information content (AvgIpc) is 3.09. The summed E-state index contributed by atoms with van der Waals surface area (Å²) in [6.07, 6.45) is 1.12. The van der Waals surface area contributed by atoms with Gasteiger partial charge in [-0.3, -0.25) is 0 Å². The Bertz CT molecular complexity index is 641. The molecule has 0 bridgehead atoms. The number of halogens is 1. The second-order valence-corrected chi connectivity index (χ2v) is 4.99. The molecule has 0 radical (unpaired) electrons. The van der Waals surface area contributed by atoms with Gasteiger partial charge in [-0.1, -0.05) is 5.16 Å². The Balaban J connectivity index is 1.73. The minimum atomic E-state index is -0.921. The molecule has 1 unspecified atom stereocenters. The van der Waals surface area contributed by atoms with Crippen LogP contribution in [0.2, 0.25) is 0 Å². The van der Waals surface area contributed by atoms with Crippen molar-refractivity contribution in [1.82, 2.24) is 15.0 Å². The average molecular weight is 291 g/mol. The van der Waals surface area contributed by atoms with Crippen LogP contribution in [0.25, 0.3) is 11.4 Å². The fourth-order valence-electron chi connectivity index (χ4n) is 2.56. The predicted octanol–water partition coefficient (Wildman–Crippen LogP) is 2.56. The highest BCUT2D eigenvalue weighted by Gasteiger charge is 2.30. The summed E-state index contributed by atoms with van der Waals surface area (Å²) in [5, 5.41) is 12.9. The first kappa shape index (κ1) is 13.5. The van der Waals surface area contributed by atoms with E-state index in [0.717, 1.165) is 12.8 Å². The standard InChI is InChI=1S/C14H14FN3O3/c15-10-5-3-9(4-6-10)13-16-12(21-17-13)8-11-2-1-7-18(11)14(19)20/h3-6,11H,1-2,7-8H2,(H,19,20). The molecule has 1 amide bonds. The Kier molecular flexibility index (Phi) is 3.55. The third-order valence-electron chi connectivity index (χ3n) is 3.60. The van der Waals surface area contributed by atoms with E-state index >= 15 is 0 Å². The third kappa shape index (κ3) is 2.86. The SMILES string of the molecule is O=C(O)N1CCCC1Cc1nc(-c2ccc(F)cc2)no1. The maximum absolute atomic E-state index is 12.9. The number of carboxylic acid groups (broad SMARTS) is 1. The molecule has 3 rings (SSSR count). The quantitative estimate of drug-likeness (QED) is 0.940. The molecule has 0 aliphatic carbocycles. The summed E-state index contributed by atoms with van der Waals surface area (Å²) in [5.41, 5.74) is 0.660. The number of aromatic nitrogens is 2. The van der Waals surface area contributed by atoms with Crippen LogP contribution >= 0.6 is 0 Å². The lowest BCUT2D eigenvalue weighted by atomic mass is 10.1. The van der Waals surface area contributed by atoms with Gasteiger partial charge in [-0.05, 0) is 37.1 Å². The molecule has 2 aromatic rings. The van der Waals surface area contributed by atoms with Crippen molar-refractivity contribution in [1.29, 1.82) is 0 Å². The van der Waals surface area contributed by atoms with Gasteiger partial charge in [-0.2, -0.15) is 4.98 Å². The van der Waals surface area contributed by atoms with E-state index in [4.69, 9.17) is 9.63 Å². The van der Waals surface area contributed by atoms with Crippen LogP contribution in [-0.4, -0.2) is 38.8 Å². The fraction of sp³-hybridized carbons (Fsp3) is 0.357. The zero-order chi connectivity index (χ0) is 14.8. The molecule has 1 fully saturated rings. The van der Waals surface area contributed by atoms with E-state index < -0.39 is 6.09 Å². The monoisotopic (exact) mass is 291 g/mol. The molecule has 7 heteroatoms. The highest BCUT2D eigenvalue weighted by molar-refractivity contribution is 5.65. The van der Waals surface area contributed by atoms with E-state index in [1.54, 1.807) is 12.1 Å². The smallest absolute Gasteiger partial charge is 0.407 e. The maximum atomic E-state index is 12.9. The molecule has 0 spiro atoms. The molecule has 1 saturated heterocycles. The Hall–Kier alpha value is -2.44. The Labute approximate surface area is 120 Å². The van der Waals surface area contributed by atoms with Crippen LogP contribution in [0.5, 0.6) is 0 Å². The molecule has 1 aromatic carbocycles. The summed E-state index contributed by atoms with van der Waals surface area (Å²) in [6, 6.07) is 5.68. The van der Waals surface area contributed by atoms with Crippen molar-refractivity contribution < 1.29 is 18.8 Å². The van der Waals surface area contributed by atoms with Crippen molar-refractivity contribution in [3.63, 3.8) is 0 Å². The number of rotatable bonds is 3. The van der Waals surface area contributed by atoms with Gasteiger partial charge in [0.1, 0.15) is 5.82 Å². The number of benzene rings is 1. The number of likely N-dealkylation sites (tertiary alicyclic amines) is 1. The fourth-order valence-corrected chi connectivity index (χ4v) is 2.56. The van der Waals surface area contributed by atoms with E-state index in [-0.39, 0.29) is 11.9 Å². The van der Waals surface area contributed by atoms with E-state index in [0.29, 0.717) is 30.2 Å². The van der Waals surface area contributed by atoms with Crippen LogP contribution in [0.15, 0.2) is 28.8 Å². The predicted molar refractivity (Wildman–Crippen MR) is 71.1 cm³/mol. The zero-order valence-electron chi connectivity index (χ0n) is 11.2. The summed E-state index contributed by atoms with van der Waals surface area (Å²) in [4.78, 5) is 16.7. The zero-order valence-corrected chi connectivity index (χ0v) is 11.2. The highest BCUT2D eigenvalue weighted by Crippen LogP contribution is 2.22. The van der Waals surface area contributed by atoms with Gasteiger partial charge in [-0.25, -0.2) is 9.18 Å². The maximum Gasteiger partial charge on any atom is 0.407 e. The third-order valence-corrected chi connectivity index (χ3v) is 3.60. The van der Waals surface area contributed by atoms with Crippen LogP contribution in [0.3, 0.4) is 0 Å². The molecule has 6 nitrogen and oxygen atoms in total. The van der Waals surface area contributed by atoms with E-state index in [9.17, 15) is 9.18 Å².